The minimum atomic E-state index is -0.627. The molecule has 36 heavy (non-hydrogen) atoms. The van der Waals surface area contributed by atoms with E-state index in [-0.39, 0.29) is 47.7 Å². The van der Waals surface area contributed by atoms with Crippen molar-refractivity contribution in [3.8, 4) is 0 Å². The van der Waals surface area contributed by atoms with Gasteiger partial charge in [0.05, 0.1) is 0 Å². The number of hydrogen-bond acceptors (Lipinski definition) is 2. The summed E-state index contributed by atoms with van der Waals surface area (Å²) < 4.78 is 29.9. The fraction of sp³-hybridized carbons (Fsp3) is 0. The molecule has 0 aliphatic rings. The van der Waals surface area contributed by atoms with Crippen LogP contribution in [0.2, 0.25) is 10.0 Å². The topological polar surface area (TPSA) is 58.2 Å². The number of anilines is 2. The Morgan fingerprint density at radius 2 is 0.972 bits per heavy atom. The van der Waals surface area contributed by atoms with Gasteiger partial charge in [-0.2, -0.15) is 0 Å². The maximum absolute atomic E-state index is 14.2. The van der Waals surface area contributed by atoms with Crippen LogP contribution in [0.25, 0.3) is 0 Å². The Kier molecular flexibility index (Phi) is 8.81. The van der Waals surface area contributed by atoms with E-state index in [2.05, 4.69) is 10.6 Å². The van der Waals surface area contributed by atoms with Gasteiger partial charge in [-0.25, -0.2) is 0 Å². The summed E-state index contributed by atoms with van der Waals surface area (Å²) in [4.78, 5) is 25.9. The van der Waals surface area contributed by atoms with Crippen molar-refractivity contribution >= 4 is 81.6 Å². The molecule has 4 rings (SSSR count). The van der Waals surface area contributed by atoms with Crippen molar-refractivity contribution in [3.05, 3.63) is 118 Å². The van der Waals surface area contributed by atoms with Crippen LogP contribution in [-0.4, -0.2) is 38.1 Å². The first kappa shape index (κ1) is 26.4. The molecule has 0 heterocycles. The molecule has 0 saturated heterocycles. The number of hydrogen-bond donors (Lipinski definition) is 2. The SMILES string of the molecule is O=C(Nc1c(F)cccc1Cl)c1ccccc1[Se][Se]c1ccccc1C(=O)Nc1c(F)cccc1Cl. The number of amides is 2. The van der Waals surface area contributed by atoms with Gasteiger partial charge in [0.15, 0.2) is 0 Å². The Morgan fingerprint density at radius 1 is 0.583 bits per heavy atom. The quantitative estimate of drug-likeness (QED) is 0.274. The van der Waals surface area contributed by atoms with Crippen LogP contribution >= 0.6 is 23.2 Å². The van der Waals surface area contributed by atoms with Gasteiger partial charge in [0, 0.05) is 0 Å². The Balaban J connectivity index is 1.53. The third-order valence-corrected chi connectivity index (χ3v) is 12.8. The van der Waals surface area contributed by atoms with Crippen LogP contribution in [0.1, 0.15) is 20.7 Å². The monoisotopic (exact) mass is 656 g/mol. The van der Waals surface area contributed by atoms with Crippen LogP contribution in [0.4, 0.5) is 20.2 Å². The van der Waals surface area contributed by atoms with Gasteiger partial charge in [-0.05, 0) is 0 Å². The second-order valence-corrected chi connectivity index (χ2v) is 14.3. The van der Waals surface area contributed by atoms with E-state index in [1.807, 2.05) is 24.3 Å². The van der Waals surface area contributed by atoms with Crippen molar-refractivity contribution in [1.29, 1.82) is 0 Å². The number of carbonyl (C=O) groups excluding carboxylic acids is 2. The molecule has 10 heteroatoms. The molecule has 0 aliphatic heterocycles. The van der Waals surface area contributed by atoms with E-state index in [1.165, 1.54) is 36.4 Å². The van der Waals surface area contributed by atoms with E-state index < -0.39 is 23.4 Å². The standard InChI is InChI=1S/C26H16Cl2F2N2O2Se2/c27-17-9-5-11-19(29)23(17)31-25(33)15-7-1-3-13-21(15)35-36-22-14-4-2-8-16(22)26(34)32-24-18(28)10-6-12-20(24)30/h1-14H,(H,31,33)(H,32,34). The summed E-state index contributed by atoms with van der Waals surface area (Å²) in [5.41, 5.74) is 0.647. The third-order valence-electron chi connectivity index (χ3n) is 4.89. The van der Waals surface area contributed by atoms with Gasteiger partial charge in [0.25, 0.3) is 0 Å². The number of benzene rings is 4. The molecule has 4 nitrogen and oxygen atoms in total. The summed E-state index contributed by atoms with van der Waals surface area (Å²) >= 11 is 11.7. The number of halogens is 4. The number of rotatable bonds is 7. The van der Waals surface area contributed by atoms with Gasteiger partial charge in [0.1, 0.15) is 0 Å². The first-order valence-corrected chi connectivity index (χ1v) is 17.2. The molecule has 0 spiro atoms. The average Bonchev–Trinajstić information content (AvgIpc) is 2.87. The summed E-state index contributed by atoms with van der Waals surface area (Å²) in [6, 6.07) is 22.4. The number of nitrogens with one attached hydrogen (secondary N) is 2. The van der Waals surface area contributed by atoms with Gasteiger partial charge in [0.2, 0.25) is 0 Å². The van der Waals surface area contributed by atoms with Crippen molar-refractivity contribution in [2.45, 2.75) is 0 Å². The Hall–Kier alpha value is -2.70. The van der Waals surface area contributed by atoms with Crippen LogP contribution in [0.3, 0.4) is 0 Å². The summed E-state index contributed by atoms with van der Waals surface area (Å²) in [6.45, 7) is 0. The molecule has 4 aromatic rings. The predicted molar refractivity (Wildman–Crippen MR) is 142 cm³/mol. The van der Waals surface area contributed by atoms with Gasteiger partial charge in [-0.3, -0.25) is 0 Å². The normalized spacial score (nSPS) is 10.7. The second-order valence-electron chi connectivity index (χ2n) is 7.26. The number of carbonyl (C=O) groups is 2. The summed E-state index contributed by atoms with van der Waals surface area (Å²) in [6.07, 6.45) is 0. The van der Waals surface area contributed by atoms with E-state index in [0.29, 0.717) is 11.1 Å². The first-order valence-electron chi connectivity index (χ1n) is 10.4. The van der Waals surface area contributed by atoms with Gasteiger partial charge >= 0.3 is 228 Å². The summed E-state index contributed by atoms with van der Waals surface area (Å²) in [5, 5.41) is 5.32. The second kappa shape index (κ2) is 12.0. The molecular formula is C26H16Cl2F2N2O2Se2. The molecule has 182 valence electrons. The van der Waals surface area contributed by atoms with E-state index >= 15 is 0 Å². The zero-order valence-electron chi connectivity index (χ0n) is 18.2. The van der Waals surface area contributed by atoms with E-state index in [0.717, 1.165) is 8.92 Å². The van der Waals surface area contributed by atoms with Crippen molar-refractivity contribution in [3.63, 3.8) is 0 Å². The average molecular weight is 655 g/mol. The molecule has 0 saturated carbocycles. The molecule has 0 bridgehead atoms. The van der Waals surface area contributed by atoms with Crippen molar-refractivity contribution < 1.29 is 18.4 Å². The van der Waals surface area contributed by atoms with Crippen LogP contribution in [-0.2, 0) is 0 Å². The van der Waals surface area contributed by atoms with Crippen molar-refractivity contribution in [2.24, 2.45) is 0 Å². The molecule has 0 aromatic heterocycles. The Labute approximate surface area is 227 Å². The van der Waals surface area contributed by atoms with Gasteiger partial charge < -0.3 is 0 Å². The van der Waals surface area contributed by atoms with Crippen molar-refractivity contribution in [2.75, 3.05) is 10.6 Å². The molecule has 0 radical (unpaired) electrons. The Bertz CT molecular complexity index is 1300. The van der Waals surface area contributed by atoms with E-state index in [4.69, 9.17) is 23.2 Å². The molecule has 4 aromatic carbocycles. The Morgan fingerprint density at radius 3 is 1.36 bits per heavy atom. The van der Waals surface area contributed by atoms with Crippen LogP contribution in [0, 0.1) is 11.6 Å². The fourth-order valence-corrected chi connectivity index (χ4v) is 10.7. The zero-order valence-corrected chi connectivity index (χ0v) is 23.2. The summed E-state index contributed by atoms with van der Waals surface area (Å²) in [7, 11) is 0. The molecule has 0 fully saturated rings. The molecule has 2 N–H and O–H groups in total. The molecular weight excluding hydrogens is 639 g/mol. The number of para-hydroxylation sites is 2. The molecule has 0 aliphatic carbocycles. The molecule has 0 unspecified atom stereocenters. The predicted octanol–water partition coefficient (Wildman–Crippen LogP) is 5.05. The van der Waals surface area contributed by atoms with Crippen LogP contribution in [0.15, 0.2) is 84.9 Å². The molecule has 2 amide bonds. The van der Waals surface area contributed by atoms with Gasteiger partial charge in [-0.15, -0.1) is 0 Å². The van der Waals surface area contributed by atoms with Crippen LogP contribution < -0.4 is 19.6 Å². The first-order chi connectivity index (χ1) is 17.3. The van der Waals surface area contributed by atoms with Gasteiger partial charge in [-0.1, -0.05) is 0 Å². The van der Waals surface area contributed by atoms with E-state index in [9.17, 15) is 18.4 Å². The zero-order chi connectivity index (χ0) is 25.7. The van der Waals surface area contributed by atoms with Crippen LogP contribution in [0.5, 0.6) is 0 Å². The fourth-order valence-electron chi connectivity index (χ4n) is 3.14. The minimum absolute atomic E-state index is 0.0780. The molecule has 0 atom stereocenters. The van der Waals surface area contributed by atoms with E-state index in [1.54, 1.807) is 24.3 Å². The summed E-state index contributed by atoms with van der Waals surface area (Å²) in [5.74, 6) is -2.21. The maximum atomic E-state index is 14.2. The van der Waals surface area contributed by atoms with Crippen molar-refractivity contribution in [1.82, 2.24) is 0 Å². The third kappa shape index (κ3) is 6.16.